The number of morpholine rings is 1. The van der Waals surface area contributed by atoms with Crippen LogP contribution >= 0.6 is 0 Å². The molecule has 3 heterocycles. The first-order valence-electron chi connectivity index (χ1n) is 8.59. The van der Waals surface area contributed by atoms with E-state index in [-0.39, 0.29) is 18.1 Å². The Kier molecular flexibility index (Phi) is 4.34. The zero-order valence-corrected chi connectivity index (χ0v) is 13.5. The molecule has 2 aliphatic rings. The van der Waals surface area contributed by atoms with E-state index in [0.29, 0.717) is 43.5 Å². The summed E-state index contributed by atoms with van der Waals surface area (Å²) in [4.78, 5) is 18.9. The average Bonchev–Trinajstić information content (AvgIpc) is 3.30. The number of fused-ring (bicyclic) bond motifs is 1. The number of nitrogens with zero attached hydrogens (tertiary/aromatic N) is 3. The molecule has 2 aromatic heterocycles. The first-order chi connectivity index (χ1) is 11.8. The van der Waals surface area contributed by atoms with Crippen LogP contribution in [-0.4, -0.2) is 46.2 Å². The Morgan fingerprint density at radius 3 is 3.12 bits per heavy atom. The molecular weight excluding hydrogens is 310 g/mol. The number of ether oxygens (including phenoxy) is 1. The van der Waals surface area contributed by atoms with Crippen molar-refractivity contribution in [3.05, 3.63) is 24.3 Å². The normalized spacial score (nSPS) is 23.9. The number of aryl methyl sites for hydroxylation is 1. The van der Waals surface area contributed by atoms with Gasteiger partial charge in [-0.2, -0.15) is 4.98 Å². The van der Waals surface area contributed by atoms with Gasteiger partial charge in [-0.05, 0) is 25.0 Å². The Morgan fingerprint density at radius 1 is 1.33 bits per heavy atom. The van der Waals surface area contributed by atoms with E-state index in [9.17, 15) is 4.79 Å². The molecule has 0 unspecified atom stereocenters. The van der Waals surface area contributed by atoms with Crippen LogP contribution < -0.4 is 0 Å². The lowest BCUT2D eigenvalue weighted by Crippen LogP contribution is -2.54. The number of carbonyl (C=O) groups excluding carboxylic acids is 1. The van der Waals surface area contributed by atoms with Gasteiger partial charge in [-0.1, -0.05) is 18.0 Å². The molecule has 0 spiro atoms. The minimum absolute atomic E-state index is 0.146. The van der Waals surface area contributed by atoms with Crippen LogP contribution in [0.5, 0.6) is 0 Å². The van der Waals surface area contributed by atoms with Crippen LogP contribution in [-0.2, 0) is 16.0 Å². The fraction of sp³-hybridized carbons (Fsp3) is 0.588. The molecule has 1 saturated carbocycles. The van der Waals surface area contributed by atoms with Crippen LogP contribution in [0.2, 0.25) is 0 Å². The van der Waals surface area contributed by atoms with Gasteiger partial charge in [0.25, 0.3) is 0 Å². The molecule has 4 rings (SSSR count). The van der Waals surface area contributed by atoms with Gasteiger partial charge in [0, 0.05) is 19.4 Å². The number of amides is 1. The molecule has 7 heteroatoms. The second-order valence-corrected chi connectivity index (χ2v) is 6.34. The second-order valence-electron chi connectivity index (χ2n) is 6.34. The minimum Gasteiger partial charge on any atom is -0.461 e. The summed E-state index contributed by atoms with van der Waals surface area (Å²) in [5, 5.41) is 3.89. The molecule has 0 aromatic carbocycles. The predicted molar refractivity (Wildman–Crippen MR) is 84.0 cm³/mol. The van der Waals surface area contributed by atoms with Crippen LogP contribution in [0, 0.1) is 0 Å². The fourth-order valence-corrected chi connectivity index (χ4v) is 3.63. The summed E-state index contributed by atoms with van der Waals surface area (Å²) < 4.78 is 16.3. The van der Waals surface area contributed by atoms with Crippen LogP contribution in [0.1, 0.15) is 38.0 Å². The Morgan fingerprint density at radius 2 is 2.25 bits per heavy atom. The highest BCUT2D eigenvalue weighted by Gasteiger charge is 2.36. The fourth-order valence-electron chi connectivity index (χ4n) is 3.63. The van der Waals surface area contributed by atoms with Gasteiger partial charge in [0.2, 0.25) is 17.6 Å². The average molecular weight is 331 g/mol. The van der Waals surface area contributed by atoms with Crippen molar-refractivity contribution < 1.29 is 18.5 Å². The summed E-state index contributed by atoms with van der Waals surface area (Å²) in [5.74, 6) is 1.59. The first-order valence-corrected chi connectivity index (χ1v) is 8.59. The van der Waals surface area contributed by atoms with Gasteiger partial charge in [-0.15, -0.1) is 0 Å². The van der Waals surface area contributed by atoms with Gasteiger partial charge < -0.3 is 18.6 Å². The molecule has 1 aliphatic carbocycles. The molecule has 2 atom stereocenters. The summed E-state index contributed by atoms with van der Waals surface area (Å²) >= 11 is 0. The van der Waals surface area contributed by atoms with Gasteiger partial charge in [-0.25, -0.2) is 0 Å². The molecule has 0 N–H and O–H groups in total. The molecule has 1 saturated heterocycles. The summed E-state index contributed by atoms with van der Waals surface area (Å²) in [6, 6.07) is 3.78. The van der Waals surface area contributed by atoms with Crippen LogP contribution in [0.4, 0.5) is 0 Å². The topological polar surface area (TPSA) is 81.6 Å². The number of carbonyl (C=O) groups is 1. The number of aromatic nitrogens is 2. The smallest absolute Gasteiger partial charge is 0.238 e. The van der Waals surface area contributed by atoms with Crippen molar-refractivity contribution in [2.24, 2.45) is 0 Å². The molecule has 2 aromatic rings. The molecule has 24 heavy (non-hydrogen) atoms. The standard InChI is InChI=1S/C17H21N3O4/c21-16(20-9-11-23-13-5-2-1-4-12(13)20)8-7-15-18-17(19-24-15)14-6-3-10-22-14/h3,6,10,12-13H,1-2,4-5,7-9,11H2/t12-,13+/m1/s1. The number of furan rings is 1. The van der Waals surface area contributed by atoms with Crippen molar-refractivity contribution in [3.8, 4) is 11.6 Å². The lowest BCUT2D eigenvalue weighted by atomic mass is 9.90. The highest BCUT2D eigenvalue weighted by Crippen LogP contribution is 2.29. The van der Waals surface area contributed by atoms with Gasteiger partial charge in [0.1, 0.15) is 0 Å². The third-order valence-electron chi connectivity index (χ3n) is 4.81. The maximum Gasteiger partial charge on any atom is 0.238 e. The van der Waals surface area contributed by atoms with Crippen molar-refractivity contribution in [1.29, 1.82) is 0 Å². The van der Waals surface area contributed by atoms with Crippen molar-refractivity contribution >= 4 is 5.91 Å². The second kappa shape index (κ2) is 6.76. The maximum absolute atomic E-state index is 12.6. The van der Waals surface area contributed by atoms with E-state index in [1.807, 2.05) is 4.90 Å². The number of hydrogen-bond acceptors (Lipinski definition) is 6. The molecule has 128 valence electrons. The minimum atomic E-state index is 0.146. The van der Waals surface area contributed by atoms with E-state index in [1.165, 1.54) is 12.8 Å². The molecule has 2 fully saturated rings. The van der Waals surface area contributed by atoms with E-state index in [4.69, 9.17) is 13.7 Å². The molecular formula is C17H21N3O4. The lowest BCUT2D eigenvalue weighted by molar-refractivity contribution is -0.149. The number of rotatable bonds is 4. The molecule has 0 radical (unpaired) electrons. The first kappa shape index (κ1) is 15.4. The van der Waals surface area contributed by atoms with Crippen LogP contribution in [0.25, 0.3) is 11.6 Å². The lowest BCUT2D eigenvalue weighted by Gasteiger charge is -2.43. The Bertz CT molecular complexity index is 680. The van der Waals surface area contributed by atoms with Gasteiger partial charge in [0.05, 0.1) is 25.0 Å². The monoisotopic (exact) mass is 331 g/mol. The third-order valence-corrected chi connectivity index (χ3v) is 4.81. The van der Waals surface area contributed by atoms with Crippen LogP contribution in [0.15, 0.2) is 27.3 Å². The number of hydrogen-bond donors (Lipinski definition) is 0. The van der Waals surface area contributed by atoms with Crippen LogP contribution in [0.3, 0.4) is 0 Å². The largest absolute Gasteiger partial charge is 0.461 e. The Balaban J connectivity index is 1.36. The maximum atomic E-state index is 12.6. The zero-order valence-electron chi connectivity index (χ0n) is 13.5. The highest BCUT2D eigenvalue weighted by atomic mass is 16.5. The van der Waals surface area contributed by atoms with Crippen molar-refractivity contribution in [2.45, 2.75) is 50.7 Å². The molecule has 7 nitrogen and oxygen atoms in total. The van der Waals surface area contributed by atoms with Gasteiger partial charge in [-0.3, -0.25) is 4.79 Å². The summed E-state index contributed by atoms with van der Waals surface area (Å²) in [6.07, 6.45) is 7.07. The zero-order chi connectivity index (χ0) is 16.4. The van der Waals surface area contributed by atoms with Gasteiger partial charge >= 0.3 is 0 Å². The summed E-state index contributed by atoms with van der Waals surface area (Å²) in [6.45, 7) is 1.32. The highest BCUT2D eigenvalue weighted by molar-refractivity contribution is 5.77. The van der Waals surface area contributed by atoms with Gasteiger partial charge in [0.15, 0.2) is 5.76 Å². The summed E-state index contributed by atoms with van der Waals surface area (Å²) in [7, 11) is 0. The van der Waals surface area contributed by atoms with E-state index >= 15 is 0 Å². The predicted octanol–water partition coefficient (Wildman–Crippen LogP) is 2.43. The van der Waals surface area contributed by atoms with Crippen molar-refractivity contribution in [3.63, 3.8) is 0 Å². The third kappa shape index (κ3) is 3.08. The molecule has 1 aliphatic heterocycles. The molecule has 0 bridgehead atoms. The quantitative estimate of drug-likeness (QED) is 0.856. The SMILES string of the molecule is O=C(CCc1nc(-c2ccco2)no1)N1CCO[C@H]2CCCC[C@H]21. The van der Waals surface area contributed by atoms with Crippen molar-refractivity contribution in [2.75, 3.05) is 13.2 Å². The summed E-state index contributed by atoms with van der Waals surface area (Å²) in [5.41, 5.74) is 0. The van der Waals surface area contributed by atoms with Crippen molar-refractivity contribution in [1.82, 2.24) is 15.0 Å². The van der Waals surface area contributed by atoms with E-state index in [2.05, 4.69) is 10.1 Å². The van der Waals surface area contributed by atoms with E-state index < -0.39 is 0 Å². The van der Waals surface area contributed by atoms with E-state index in [1.54, 1.807) is 18.4 Å². The Hall–Kier alpha value is -2.15. The van der Waals surface area contributed by atoms with E-state index in [0.717, 1.165) is 12.8 Å². The Labute approximate surface area is 140 Å². The molecule has 1 amide bonds.